The number of hydrogen-bond acceptors (Lipinski definition) is 2. The van der Waals surface area contributed by atoms with Crippen molar-refractivity contribution in [3.63, 3.8) is 0 Å². The van der Waals surface area contributed by atoms with Crippen molar-refractivity contribution in [2.24, 2.45) is 0 Å². The third kappa shape index (κ3) is 2.77. The third-order valence-electron chi connectivity index (χ3n) is 1.59. The smallest absolute Gasteiger partial charge is 0.328 e. The molecule has 1 atom stereocenters. The van der Waals surface area contributed by atoms with Crippen LogP contribution in [0.15, 0.2) is 18.2 Å². The monoisotopic (exact) mass is 252 g/mol. The Labute approximate surface area is 96.7 Å². The number of halogens is 3. The molecule has 1 aromatic carbocycles. The van der Waals surface area contributed by atoms with Gasteiger partial charge in [0, 0.05) is 10.0 Å². The van der Waals surface area contributed by atoms with E-state index in [0.717, 1.165) is 0 Å². The van der Waals surface area contributed by atoms with Crippen LogP contribution in [-0.4, -0.2) is 13.1 Å². The molecule has 0 heterocycles. The van der Waals surface area contributed by atoms with E-state index in [0.29, 0.717) is 15.6 Å². The zero-order chi connectivity index (χ0) is 10.7. The molecular formula is C9H7Cl3O2. The van der Waals surface area contributed by atoms with Gasteiger partial charge in [-0.05, 0) is 23.8 Å². The van der Waals surface area contributed by atoms with E-state index in [-0.39, 0.29) is 0 Å². The van der Waals surface area contributed by atoms with E-state index in [1.54, 1.807) is 18.2 Å². The van der Waals surface area contributed by atoms with Crippen molar-refractivity contribution >= 4 is 40.8 Å². The van der Waals surface area contributed by atoms with E-state index < -0.39 is 11.3 Å². The third-order valence-corrected chi connectivity index (χ3v) is 2.45. The second kappa shape index (κ2) is 4.87. The molecule has 0 aromatic heterocycles. The van der Waals surface area contributed by atoms with Gasteiger partial charge in [-0.15, -0.1) is 11.6 Å². The molecular weight excluding hydrogens is 246 g/mol. The Morgan fingerprint density at radius 3 is 2.21 bits per heavy atom. The SMILES string of the molecule is COC(=O)C(Cl)c1cc(Cl)cc(Cl)c1. The maximum absolute atomic E-state index is 11.1. The fraction of sp³-hybridized carbons (Fsp3) is 0.222. The van der Waals surface area contributed by atoms with Crippen LogP contribution < -0.4 is 0 Å². The standard InChI is InChI=1S/C9H7Cl3O2/c1-14-9(13)8(12)5-2-6(10)4-7(11)3-5/h2-4,8H,1H3. The summed E-state index contributed by atoms with van der Waals surface area (Å²) in [5.74, 6) is -0.537. The van der Waals surface area contributed by atoms with E-state index in [2.05, 4.69) is 4.74 Å². The number of carbonyl (C=O) groups excluding carboxylic acids is 1. The molecule has 0 spiro atoms. The Morgan fingerprint density at radius 2 is 1.79 bits per heavy atom. The largest absolute Gasteiger partial charge is 0.468 e. The summed E-state index contributed by atoms with van der Waals surface area (Å²) >= 11 is 17.3. The van der Waals surface area contributed by atoms with E-state index in [4.69, 9.17) is 34.8 Å². The van der Waals surface area contributed by atoms with Gasteiger partial charge in [0.15, 0.2) is 5.38 Å². The second-order valence-corrected chi connectivity index (χ2v) is 3.90. The van der Waals surface area contributed by atoms with Gasteiger partial charge in [0.05, 0.1) is 7.11 Å². The molecule has 0 aliphatic rings. The van der Waals surface area contributed by atoms with Crippen LogP contribution in [0, 0.1) is 0 Å². The summed E-state index contributed by atoms with van der Waals surface area (Å²) in [4.78, 5) is 11.1. The normalized spacial score (nSPS) is 12.3. The van der Waals surface area contributed by atoms with Gasteiger partial charge in [-0.25, -0.2) is 0 Å². The Hall–Kier alpha value is -0.440. The molecule has 14 heavy (non-hydrogen) atoms. The minimum atomic E-state index is -0.879. The zero-order valence-electron chi connectivity index (χ0n) is 7.26. The van der Waals surface area contributed by atoms with Gasteiger partial charge in [-0.3, -0.25) is 4.79 Å². The number of methoxy groups -OCH3 is 1. The predicted octanol–water partition coefficient (Wildman–Crippen LogP) is 3.45. The molecule has 76 valence electrons. The molecule has 0 saturated carbocycles. The van der Waals surface area contributed by atoms with Crippen LogP contribution in [0.2, 0.25) is 10.0 Å². The fourth-order valence-electron chi connectivity index (χ4n) is 0.961. The first-order valence-electron chi connectivity index (χ1n) is 3.72. The van der Waals surface area contributed by atoms with Crippen molar-refractivity contribution in [1.29, 1.82) is 0 Å². The highest BCUT2D eigenvalue weighted by Gasteiger charge is 2.18. The van der Waals surface area contributed by atoms with Gasteiger partial charge in [-0.2, -0.15) is 0 Å². The van der Waals surface area contributed by atoms with Crippen molar-refractivity contribution in [2.45, 2.75) is 5.38 Å². The summed E-state index contributed by atoms with van der Waals surface area (Å²) in [6.07, 6.45) is 0. The topological polar surface area (TPSA) is 26.3 Å². The molecule has 5 heteroatoms. The molecule has 0 amide bonds. The van der Waals surface area contributed by atoms with E-state index in [1.165, 1.54) is 7.11 Å². The van der Waals surface area contributed by atoms with Crippen LogP contribution in [-0.2, 0) is 9.53 Å². The lowest BCUT2D eigenvalue weighted by molar-refractivity contribution is -0.140. The van der Waals surface area contributed by atoms with Crippen LogP contribution in [0.4, 0.5) is 0 Å². The molecule has 0 fully saturated rings. The van der Waals surface area contributed by atoms with Gasteiger partial charge in [0.2, 0.25) is 0 Å². The number of alkyl halides is 1. The lowest BCUT2D eigenvalue weighted by atomic mass is 10.1. The highest BCUT2D eigenvalue weighted by molar-refractivity contribution is 6.35. The number of hydrogen-bond donors (Lipinski definition) is 0. The average molecular weight is 254 g/mol. The van der Waals surface area contributed by atoms with Crippen molar-refractivity contribution < 1.29 is 9.53 Å². The van der Waals surface area contributed by atoms with Gasteiger partial charge in [-0.1, -0.05) is 23.2 Å². The first kappa shape index (κ1) is 11.6. The summed E-state index contributed by atoms with van der Waals surface area (Å²) < 4.78 is 4.49. The van der Waals surface area contributed by atoms with Crippen molar-refractivity contribution in [3.8, 4) is 0 Å². The minimum Gasteiger partial charge on any atom is -0.468 e. The summed E-state index contributed by atoms with van der Waals surface area (Å²) in [5.41, 5.74) is 0.524. The van der Waals surface area contributed by atoms with Gasteiger partial charge in [0.25, 0.3) is 0 Å². The van der Waals surface area contributed by atoms with E-state index in [9.17, 15) is 4.79 Å². The molecule has 0 bridgehead atoms. The molecule has 1 unspecified atom stereocenters. The Kier molecular flexibility index (Phi) is 4.05. The first-order chi connectivity index (χ1) is 6.54. The molecule has 0 aliphatic heterocycles. The number of rotatable bonds is 2. The molecule has 1 aromatic rings. The summed E-state index contributed by atoms with van der Waals surface area (Å²) in [6, 6.07) is 4.71. The molecule has 0 saturated heterocycles. The fourth-order valence-corrected chi connectivity index (χ4v) is 1.72. The van der Waals surface area contributed by atoms with Crippen molar-refractivity contribution in [2.75, 3.05) is 7.11 Å². The predicted molar refractivity (Wildman–Crippen MR) is 57.1 cm³/mol. The molecule has 2 nitrogen and oxygen atoms in total. The summed E-state index contributed by atoms with van der Waals surface area (Å²) in [5, 5.41) is -0.0136. The Balaban J connectivity index is 3.00. The van der Waals surface area contributed by atoms with Crippen LogP contribution in [0.5, 0.6) is 0 Å². The Morgan fingerprint density at radius 1 is 1.29 bits per heavy atom. The maximum Gasteiger partial charge on any atom is 0.328 e. The molecule has 0 N–H and O–H groups in total. The molecule has 1 rings (SSSR count). The molecule has 0 aliphatic carbocycles. The van der Waals surface area contributed by atoms with Gasteiger partial charge < -0.3 is 4.74 Å². The van der Waals surface area contributed by atoms with Crippen molar-refractivity contribution in [3.05, 3.63) is 33.8 Å². The average Bonchev–Trinajstić information content (AvgIpc) is 2.14. The lowest BCUT2D eigenvalue weighted by Gasteiger charge is -2.08. The highest BCUT2D eigenvalue weighted by atomic mass is 35.5. The quantitative estimate of drug-likeness (QED) is 0.596. The van der Waals surface area contributed by atoms with Crippen LogP contribution in [0.3, 0.4) is 0 Å². The van der Waals surface area contributed by atoms with E-state index in [1.807, 2.05) is 0 Å². The van der Waals surface area contributed by atoms with Gasteiger partial charge >= 0.3 is 5.97 Å². The number of esters is 1. The zero-order valence-corrected chi connectivity index (χ0v) is 9.53. The first-order valence-corrected chi connectivity index (χ1v) is 4.91. The van der Waals surface area contributed by atoms with Crippen molar-refractivity contribution in [1.82, 2.24) is 0 Å². The van der Waals surface area contributed by atoms with Crippen LogP contribution >= 0.6 is 34.8 Å². The van der Waals surface area contributed by atoms with Crippen LogP contribution in [0.1, 0.15) is 10.9 Å². The Bertz CT molecular complexity index is 332. The summed E-state index contributed by atoms with van der Waals surface area (Å²) in [6.45, 7) is 0. The number of benzene rings is 1. The summed E-state index contributed by atoms with van der Waals surface area (Å²) in [7, 11) is 1.27. The maximum atomic E-state index is 11.1. The second-order valence-electron chi connectivity index (χ2n) is 2.59. The highest BCUT2D eigenvalue weighted by Crippen LogP contribution is 2.27. The number of ether oxygens (including phenoxy) is 1. The minimum absolute atomic E-state index is 0.432. The number of carbonyl (C=O) groups is 1. The van der Waals surface area contributed by atoms with Gasteiger partial charge in [0.1, 0.15) is 0 Å². The lowest BCUT2D eigenvalue weighted by Crippen LogP contribution is -2.08. The van der Waals surface area contributed by atoms with E-state index >= 15 is 0 Å². The molecule has 0 radical (unpaired) electrons. The van der Waals surface area contributed by atoms with Crippen LogP contribution in [0.25, 0.3) is 0 Å².